The molecule has 6 nitrogen and oxygen atoms in total. The fourth-order valence-electron chi connectivity index (χ4n) is 3.24. The van der Waals surface area contributed by atoms with E-state index in [-0.39, 0.29) is 11.9 Å². The number of hydrogen-bond acceptors (Lipinski definition) is 4. The minimum atomic E-state index is -3.66. The maximum absolute atomic E-state index is 13.0. The molecule has 0 saturated carbocycles. The third-order valence-corrected chi connectivity index (χ3v) is 5.73. The van der Waals surface area contributed by atoms with E-state index in [2.05, 4.69) is 5.32 Å². The first-order chi connectivity index (χ1) is 13.2. The minimum Gasteiger partial charge on any atom is -0.496 e. The Hall–Kier alpha value is -2.54. The topological polar surface area (TPSA) is 75.7 Å². The number of nitrogens with one attached hydrogen (secondary N) is 1. The van der Waals surface area contributed by atoms with Gasteiger partial charge in [0.05, 0.1) is 25.1 Å². The first-order valence-electron chi connectivity index (χ1n) is 9.18. The Balaban J connectivity index is 2.34. The van der Waals surface area contributed by atoms with Gasteiger partial charge in [-0.2, -0.15) is 0 Å². The molecule has 152 valence electrons. The van der Waals surface area contributed by atoms with Crippen molar-refractivity contribution < 1.29 is 17.9 Å². The van der Waals surface area contributed by atoms with Gasteiger partial charge < -0.3 is 10.1 Å². The smallest absolute Gasteiger partial charge is 0.244 e. The Bertz CT molecular complexity index is 928. The summed E-state index contributed by atoms with van der Waals surface area (Å²) in [4.78, 5) is 13.0. The van der Waals surface area contributed by atoms with Crippen LogP contribution in [0, 0.1) is 6.92 Å². The lowest BCUT2D eigenvalue weighted by Gasteiger charge is -2.31. The van der Waals surface area contributed by atoms with Crippen molar-refractivity contribution in [1.82, 2.24) is 5.32 Å². The molecule has 7 heteroatoms. The van der Waals surface area contributed by atoms with Gasteiger partial charge in [-0.25, -0.2) is 8.42 Å². The minimum absolute atomic E-state index is 0.336. The number of nitrogens with zero attached hydrogens (tertiary/aromatic N) is 1. The molecule has 0 aliphatic rings. The average Bonchev–Trinajstić information content (AvgIpc) is 2.64. The van der Waals surface area contributed by atoms with E-state index in [4.69, 9.17) is 4.74 Å². The first kappa shape index (κ1) is 21.8. The number of anilines is 1. The van der Waals surface area contributed by atoms with Crippen molar-refractivity contribution in [3.8, 4) is 5.75 Å². The predicted octanol–water partition coefficient (Wildman–Crippen LogP) is 3.43. The van der Waals surface area contributed by atoms with Gasteiger partial charge in [-0.15, -0.1) is 0 Å². The van der Waals surface area contributed by atoms with Crippen LogP contribution in [0.15, 0.2) is 48.5 Å². The number of ether oxygens (including phenoxy) is 1. The molecule has 0 fully saturated rings. The Morgan fingerprint density at radius 1 is 1.18 bits per heavy atom. The van der Waals surface area contributed by atoms with Gasteiger partial charge in [0.1, 0.15) is 11.8 Å². The summed E-state index contributed by atoms with van der Waals surface area (Å²) in [5.74, 6) is 0.315. The molecule has 28 heavy (non-hydrogen) atoms. The van der Waals surface area contributed by atoms with Crippen LogP contribution in [0.5, 0.6) is 5.75 Å². The zero-order valence-electron chi connectivity index (χ0n) is 17.0. The lowest BCUT2D eigenvalue weighted by atomic mass is 10.1. The first-order valence-corrected chi connectivity index (χ1v) is 11.0. The van der Waals surface area contributed by atoms with Crippen LogP contribution in [0.1, 0.15) is 37.4 Å². The van der Waals surface area contributed by atoms with Crippen molar-refractivity contribution in [2.24, 2.45) is 0 Å². The van der Waals surface area contributed by atoms with Crippen molar-refractivity contribution >= 4 is 21.6 Å². The maximum Gasteiger partial charge on any atom is 0.244 e. The van der Waals surface area contributed by atoms with E-state index in [1.165, 1.54) is 4.31 Å². The number of carbonyl (C=O) groups is 1. The van der Waals surface area contributed by atoms with Gasteiger partial charge in [0, 0.05) is 5.56 Å². The molecule has 0 aliphatic heterocycles. The highest BCUT2D eigenvalue weighted by Gasteiger charge is 2.32. The fraction of sp³-hybridized carbons (Fsp3) is 0.381. The van der Waals surface area contributed by atoms with Gasteiger partial charge in [-0.3, -0.25) is 9.10 Å². The summed E-state index contributed by atoms with van der Waals surface area (Å²) in [5, 5.41) is 2.93. The number of sulfonamides is 1. The van der Waals surface area contributed by atoms with Gasteiger partial charge in [-0.1, -0.05) is 37.3 Å². The van der Waals surface area contributed by atoms with Crippen LogP contribution in [0.2, 0.25) is 0 Å². The molecule has 2 aromatic carbocycles. The van der Waals surface area contributed by atoms with Gasteiger partial charge in [0.15, 0.2) is 0 Å². The molecule has 2 atom stereocenters. The van der Waals surface area contributed by atoms with Crippen LogP contribution < -0.4 is 14.4 Å². The second-order valence-electron chi connectivity index (χ2n) is 6.79. The Morgan fingerprint density at radius 3 is 2.43 bits per heavy atom. The maximum atomic E-state index is 13.0. The molecule has 1 amide bonds. The number of amides is 1. The summed E-state index contributed by atoms with van der Waals surface area (Å²) in [5.41, 5.74) is 2.23. The van der Waals surface area contributed by atoms with Crippen molar-refractivity contribution in [2.45, 2.75) is 39.3 Å². The SMILES string of the molecule is CCC(C(=O)NC(C)c1ccccc1OC)N(c1cccc(C)c1)S(C)(=O)=O. The van der Waals surface area contributed by atoms with E-state index in [0.717, 1.165) is 17.4 Å². The third-order valence-electron chi connectivity index (χ3n) is 4.55. The van der Waals surface area contributed by atoms with Crippen molar-refractivity contribution in [3.05, 3.63) is 59.7 Å². The van der Waals surface area contributed by atoms with Gasteiger partial charge in [0.2, 0.25) is 15.9 Å². The molecule has 0 radical (unpaired) electrons. The molecular weight excluding hydrogens is 376 g/mol. The van der Waals surface area contributed by atoms with Crippen LogP contribution in [-0.4, -0.2) is 33.7 Å². The number of rotatable bonds is 8. The largest absolute Gasteiger partial charge is 0.496 e. The molecule has 0 bridgehead atoms. The highest BCUT2D eigenvalue weighted by Crippen LogP contribution is 2.26. The number of hydrogen-bond donors (Lipinski definition) is 1. The molecule has 2 aromatic rings. The predicted molar refractivity (Wildman–Crippen MR) is 112 cm³/mol. The zero-order chi connectivity index (χ0) is 20.9. The summed E-state index contributed by atoms with van der Waals surface area (Å²) < 4.78 is 31.6. The highest BCUT2D eigenvalue weighted by molar-refractivity contribution is 7.92. The van der Waals surface area contributed by atoms with Crippen LogP contribution in [-0.2, 0) is 14.8 Å². The van der Waals surface area contributed by atoms with E-state index < -0.39 is 16.1 Å². The normalized spacial score (nSPS) is 13.5. The molecule has 0 spiro atoms. The zero-order valence-corrected chi connectivity index (χ0v) is 17.8. The lowest BCUT2D eigenvalue weighted by molar-refractivity contribution is -0.122. The summed E-state index contributed by atoms with van der Waals surface area (Å²) in [6.07, 6.45) is 1.46. The van der Waals surface area contributed by atoms with Gasteiger partial charge in [-0.05, 0) is 44.0 Å². The lowest BCUT2D eigenvalue weighted by Crippen LogP contribution is -2.49. The highest BCUT2D eigenvalue weighted by atomic mass is 32.2. The standard InChI is InChI=1S/C21H28N2O4S/c1-6-19(23(28(5,25)26)17-11-9-10-15(2)14-17)21(24)22-16(3)18-12-7-8-13-20(18)27-4/h7-14,16,19H,6H2,1-5H3,(H,22,24). The Labute approximate surface area is 167 Å². The average molecular weight is 405 g/mol. The number of aryl methyl sites for hydroxylation is 1. The third kappa shape index (κ3) is 5.04. The molecule has 0 aromatic heterocycles. The quantitative estimate of drug-likeness (QED) is 0.731. The molecule has 1 N–H and O–H groups in total. The van der Waals surface area contributed by atoms with E-state index in [1.54, 1.807) is 32.2 Å². The van der Waals surface area contributed by atoms with E-state index in [0.29, 0.717) is 17.9 Å². The number of carbonyl (C=O) groups excluding carboxylic acids is 1. The fourth-order valence-corrected chi connectivity index (χ4v) is 4.44. The van der Waals surface area contributed by atoms with Crippen molar-refractivity contribution in [2.75, 3.05) is 17.7 Å². The molecule has 0 heterocycles. The summed E-state index contributed by atoms with van der Waals surface area (Å²) in [6.45, 7) is 5.53. The second-order valence-corrected chi connectivity index (χ2v) is 8.65. The van der Waals surface area contributed by atoms with Crippen LogP contribution in [0.4, 0.5) is 5.69 Å². The Morgan fingerprint density at radius 2 is 1.86 bits per heavy atom. The van der Waals surface area contributed by atoms with E-state index >= 15 is 0 Å². The molecule has 0 aliphatic carbocycles. The molecule has 0 saturated heterocycles. The number of benzene rings is 2. The summed E-state index contributed by atoms with van der Waals surface area (Å²) in [7, 11) is -2.08. The monoisotopic (exact) mass is 404 g/mol. The van der Waals surface area contributed by atoms with Crippen molar-refractivity contribution in [1.29, 1.82) is 0 Å². The molecule has 2 unspecified atom stereocenters. The molecular formula is C21H28N2O4S. The van der Waals surface area contributed by atoms with Crippen LogP contribution >= 0.6 is 0 Å². The summed E-state index contributed by atoms with van der Waals surface area (Å²) >= 11 is 0. The van der Waals surface area contributed by atoms with E-state index in [9.17, 15) is 13.2 Å². The van der Waals surface area contributed by atoms with Crippen LogP contribution in [0.25, 0.3) is 0 Å². The van der Waals surface area contributed by atoms with Crippen LogP contribution in [0.3, 0.4) is 0 Å². The molecule has 2 rings (SSSR count). The summed E-state index contributed by atoms with van der Waals surface area (Å²) in [6, 6.07) is 13.4. The number of para-hydroxylation sites is 1. The Kier molecular flexibility index (Phi) is 7.07. The van der Waals surface area contributed by atoms with Gasteiger partial charge in [0.25, 0.3) is 0 Å². The number of methoxy groups -OCH3 is 1. The van der Waals surface area contributed by atoms with E-state index in [1.807, 2.05) is 44.2 Å². The van der Waals surface area contributed by atoms with Gasteiger partial charge >= 0.3 is 0 Å². The van der Waals surface area contributed by atoms with Crippen molar-refractivity contribution in [3.63, 3.8) is 0 Å². The second kappa shape index (κ2) is 9.10.